The lowest BCUT2D eigenvalue weighted by Crippen LogP contribution is -2.22. The number of aliphatic hydroxyl groups is 1. The molecule has 5 heteroatoms. The van der Waals surface area contributed by atoms with Crippen molar-refractivity contribution in [1.82, 2.24) is 5.32 Å². The first-order valence-electron chi connectivity index (χ1n) is 6.63. The fourth-order valence-electron chi connectivity index (χ4n) is 1.91. The van der Waals surface area contributed by atoms with Gasteiger partial charge in [-0.3, -0.25) is 4.79 Å². The van der Waals surface area contributed by atoms with Gasteiger partial charge in [0.2, 0.25) is 0 Å². The lowest BCUT2D eigenvalue weighted by atomic mass is 10.2. The molecule has 0 radical (unpaired) electrons. The molecule has 0 aromatic carbocycles. The predicted molar refractivity (Wildman–Crippen MR) is 82.3 cm³/mol. The molecular weight excluding hydrogens is 286 g/mol. The molecule has 0 atom stereocenters. The van der Waals surface area contributed by atoms with Crippen molar-refractivity contribution in [3.05, 3.63) is 45.0 Å². The molecule has 0 saturated heterocycles. The van der Waals surface area contributed by atoms with Crippen molar-refractivity contribution in [2.45, 2.75) is 26.8 Å². The molecule has 2 aromatic heterocycles. The number of aryl methyl sites for hydroxylation is 2. The predicted octanol–water partition coefficient (Wildman–Crippen LogP) is 2.62. The zero-order valence-electron chi connectivity index (χ0n) is 12.0. The average Bonchev–Trinajstić information content (AvgIpc) is 3.03. The summed E-state index contributed by atoms with van der Waals surface area (Å²) in [6, 6.07) is 3.66. The lowest BCUT2D eigenvalue weighted by Gasteiger charge is -2.03. The SMILES string of the molecule is Cc1cc(C(=O)NCc2sccc2C#CCCO)c(C)o1. The van der Waals surface area contributed by atoms with E-state index in [1.165, 1.54) is 0 Å². The normalized spacial score (nSPS) is 10.0. The Bertz CT molecular complexity index is 688. The number of carbonyl (C=O) groups is 1. The Labute approximate surface area is 127 Å². The minimum atomic E-state index is -0.146. The number of rotatable bonds is 4. The zero-order valence-corrected chi connectivity index (χ0v) is 12.8. The van der Waals surface area contributed by atoms with Crippen molar-refractivity contribution in [2.24, 2.45) is 0 Å². The number of hydrogen-bond donors (Lipinski definition) is 2. The summed E-state index contributed by atoms with van der Waals surface area (Å²) < 4.78 is 5.36. The van der Waals surface area contributed by atoms with Gasteiger partial charge in [0.25, 0.3) is 5.91 Å². The lowest BCUT2D eigenvalue weighted by molar-refractivity contribution is 0.0950. The third kappa shape index (κ3) is 3.97. The van der Waals surface area contributed by atoms with Gasteiger partial charge in [0, 0.05) is 16.9 Å². The van der Waals surface area contributed by atoms with Crippen LogP contribution in [0.5, 0.6) is 0 Å². The summed E-state index contributed by atoms with van der Waals surface area (Å²) in [5, 5.41) is 13.6. The molecule has 0 spiro atoms. The zero-order chi connectivity index (χ0) is 15.2. The highest BCUT2D eigenvalue weighted by Gasteiger charge is 2.13. The van der Waals surface area contributed by atoms with Crippen LogP contribution in [-0.2, 0) is 6.54 Å². The molecule has 2 aromatic rings. The van der Waals surface area contributed by atoms with Gasteiger partial charge in [-0.15, -0.1) is 11.3 Å². The summed E-state index contributed by atoms with van der Waals surface area (Å²) in [4.78, 5) is 13.1. The number of nitrogens with one attached hydrogen (secondary N) is 1. The Morgan fingerprint density at radius 2 is 2.29 bits per heavy atom. The van der Waals surface area contributed by atoms with Crippen LogP contribution in [0.2, 0.25) is 0 Å². The molecule has 0 aliphatic rings. The molecule has 2 N–H and O–H groups in total. The quantitative estimate of drug-likeness (QED) is 0.854. The fourth-order valence-corrected chi connectivity index (χ4v) is 2.68. The van der Waals surface area contributed by atoms with E-state index in [1.807, 2.05) is 18.4 Å². The Kier molecular flexibility index (Phi) is 5.20. The van der Waals surface area contributed by atoms with E-state index in [4.69, 9.17) is 9.52 Å². The maximum Gasteiger partial charge on any atom is 0.255 e. The van der Waals surface area contributed by atoms with Crippen LogP contribution in [0.15, 0.2) is 21.9 Å². The number of aliphatic hydroxyl groups excluding tert-OH is 1. The molecule has 110 valence electrons. The van der Waals surface area contributed by atoms with Crippen LogP contribution < -0.4 is 5.32 Å². The number of thiophene rings is 1. The van der Waals surface area contributed by atoms with E-state index in [-0.39, 0.29) is 12.5 Å². The summed E-state index contributed by atoms with van der Waals surface area (Å²) in [5.41, 5.74) is 1.46. The summed E-state index contributed by atoms with van der Waals surface area (Å²) in [6.45, 7) is 4.09. The van der Waals surface area contributed by atoms with E-state index in [0.717, 1.165) is 16.2 Å². The van der Waals surface area contributed by atoms with E-state index < -0.39 is 0 Å². The minimum Gasteiger partial charge on any atom is -0.466 e. The molecule has 0 saturated carbocycles. The van der Waals surface area contributed by atoms with Crippen molar-refractivity contribution >= 4 is 17.2 Å². The first-order valence-corrected chi connectivity index (χ1v) is 7.51. The molecule has 1 amide bonds. The third-order valence-corrected chi connectivity index (χ3v) is 3.82. The first kappa shape index (κ1) is 15.4. The number of hydrogen-bond acceptors (Lipinski definition) is 4. The fraction of sp³-hybridized carbons (Fsp3) is 0.312. The van der Waals surface area contributed by atoms with Crippen molar-refractivity contribution in [3.8, 4) is 11.8 Å². The summed E-state index contributed by atoms with van der Waals surface area (Å²) >= 11 is 1.55. The van der Waals surface area contributed by atoms with Gasteiger partial charge >= 0.3 is 0 Å². The molecule has 2 rings (SSSR count). The molecule has 0 aliphatic heterocycles. The van der Waals surface area contributed by atoms with E-state index in [1.54, 1.807) is 24.3 Å². The molecular formula is C16H17NO3S. The van der Waals surface area contributed by atoms with Gasteiger partial charge in [0.15, 0.2) is 0 Å². The molecule has 0 aliphatic carbocycles. The molecule has 0 bridgehead atoms. The highest BCUT2D eigenvalue weighted by molar-refractivity contribution is 7.10. The highest BCUT2D eigenvalue weighted by atomic mass is 32.1. The average molecular weight is 303 g/mol. The van der Waals surface area contributed by atoms with Gasteiger partial charge in [0.05, 0.1) is 18.7 Å². The summed E-state index contributed by atoms with van der Waals surface area (Å²) in [7, 11) is 0. The number of amides is 1. The monoisotopic (exact) mass is 303 g/mol. The number of carbonyl (C=O) groups excluding carboxylic acids is 1. The van der Waals surface area contributed by atoms with E-state index >= 15 is 0 Å². The van der Waals surface area contributed by atoms with Gasteiger partial charge in [-0.1, -0.05) is 11.8 Å². The minimum absolute atomic E-state index is 0.0579. The van der Waals surface area contributed by atoms with Crippen LogP contribution in [0.25, 0.3) is 0 Å². The molecule has 2 heterocycles. The van der Waals surface area contributed by atoms with E-state index in [9.17, 15) is 4.79 Å². The van der Waals surface area contributed by atoms with E-state index in [0.29, 0.717) is 24.3 Å². The van der Waals surface area contributed by atoms with Crippen LogP contribution in [0.1, 0.15) is 38.7 Å². The first-order chi connectivity index (χ1) is 10.1. The Hall–Kier alpha value is -2.03. The Morgan fingerprint density at radius 1 is 1.48 bits per heavy atom. The van der Waals surface area contributed by atoms with Gasteiger partial charge in [-0.05, 0) is 31.4 Å². The smallest absolute Gasteiger partial charge is 0.255 e. The summed E-state index contributed by atoms with van der Waals surface area (Å²) in [5.74, 6) is 7.10. The Morgan fingerprint density at radius 3 is 2.95 bits per heavy atom. The maximum absolute atomic E-state index is 12.1. The van der Waals surface area contributed by atoms with Crippen LogP contribution in [0, 0.1) is 25.7 Å². The van der Waals surface area contributed by atoms with Crippen LogP contribution in [-0.4, -0.2) is 17.6 Å². The van der Waals surface area contributed by atoms with E-state index in [2.05, 4.69) is 17.2 Å². The standard InChI is InChI=1S/C16H17NO3S/c1-11-9-14(12(2)20-11)16(19)17-10-15-13(6-8-21-15)5-3-4-7-18/h6,8-9,18H,4,7,10H2,1-2H3,(H,17,19). The van der Waals surface area contributed by atoms with Gasteiger partial charge < -0.3 is 14.8 Å². The second-order valence-corrected chi connectivity index (χ2v) is 5.54. The van der Waals surface area contributed by atoms with Crippen LogP contribution in [0.4, 0.5) is 0 Å². The maximum atomic E-state index is 12.1. The molecule has 0 unspecified atom stereocenters. The van der Waals surface area contributed by atoms with Crippen molar-refractivity contribution in [1.29, 1.82) is 0 Å². The summed E-state index contributed by atoms with van der Waals surface area (Å²) in [6.07, 6.45) is 0.454. The van der Waals surface area contributed by atoms with Crippen LogP contribution in [0.3, 0.4) is 0 Å². The second-order valence-electron chi connectivity index (χ2n) is 4.54. The largest absolute Gasteiger partial charge is 0.466 e. The van der Waals surface area contributed by atoms with Crippen molar-refractivity contribution in [2.75, 3.05) is 6.61 Å². The van der Waals surface area contributed by atoms with Gasteiger partial charge in [0.1, 0.15) is 11.5 Å². The van der Waals surface area contributed by atoms with Crippen LogP contribution >= 0.6 is 11.3 Å². The third-order valence-electron chi connectivity index (χ3n) is 2.90. The Balaban J connectivity index is 2.01. The van der Waals surface area contributed by atoms with Gasteiger partial charge in [-0.25, -0.2) is 0 Å². The number of furan rings is 1. The van der Waals surface area contributed by atoms with Crippen molar-refractivity contribution < 1.29 is 14.3 Å². The van der Waals surface area contributed by atoms with Crippen molar-refractivity contribution in [3.63, 3.8) is 0 Å². The highest BCUT2D eigenvalue weighted by Crippen LogP contribution is 2.17. The molecule has 0 fully saturated rings. The molecule has 4 nitrogen and oxygen atoms in total. The molecule has 21 heavy (non-hydrogen) atoms. The second kappa shape index (κ2) is 7.11. The van der Waals surface area contributed by atoms with Gasteiger partial charge in [-0.2, -0.15) is 0 Å². The topological polar surface area (TPSA) is 62.5 Å².